The van der Waals surface area contributed by atoms with Gasteiger partial charge in [0.15, 0.2) is 0 Å². The van der Waals surface area contributed by atoms with E-state index in [0.717, 1.165) is 16.9 Å². The van der Waals surface area contributed by atoms with Gasteiger partial charge in [-0.2, -0.15) is 4.98 Å². The first-order valence-corrected chi connectivity index (χ1v) is 6.21. The Hall–Kier alpha value is -2.93. The van der Waals surface area contributed by atoms with Crippen molar-refractivity contribution in [3.8, 4) is 28.6 Å². The molecule has 0 fully saturated rings. The van der Waals surface area contributed by atoms with E-state index in [1.54, 1.807) is 25.4 Å². The molecule has 2 aromatic heterocycles. The minimum atomic E-state index is 0.403. The van der Waals surface area contributed by atoms with Gasteiger partial charge in [0, 0.05) is 17.3 Å². The molecule has 0 radical (unpaired) electrons. The molecular formula is C14H13N5O2. The van der Waals surface area contributed by atoms with Crippen LogP contribution in [0.2, 0.25) is 0 Å². The minimum absolute atomic E-state index is 0.403. The number of ether oxygens (including phenoxy) is 1. The predicted molar refractivity (Wildman–Crippen MR) is 77.3 cm³/mol. The molecule has 106 valence electrons. The van der Waals surface area contributed by atoms with Crippen molar-refractivity contribution in [3.05, 3.63) is 42.6 Å². The Kier molecular flexibility index (Phi) is 3.48. The Morgan fingerprint density at radius 3 is 2.67 bits per heavy atom. The molecule has 21 heavy (non-hydrogen) atoms. The highest BCUT2D eigenvalue weighted by molar-refractivity contribution is 5.62. The summed E-state index contributed by atoms with van der Waals surface area (Å²) in [6.07, 6.45) is 1.61. The van der Waals surface area contributed by atoms with Crippen molar-refractivity contribution in [2.24, 2.45) is 5.84 Å². The molecule has 0 aliphatic carbocycles. The molecule has 0 atom stereocenters. The van der Waals surface area contributed by atoms with Crippen LogP contribution in [-0.2, 0) is 0 Å². The number of nitrogens with one attached hydrogen (secondary N) is 1. The molecule has 2 heterocycles. The van der Waals surface area contributed by atoms with Gasteiger partial charge in [-0.05, 0) is 36.4 Å². The Balaban J connectivity index is 1.91. The van der Waals surface area contributed by atoms with Crippen molar-refractivity contribution in [1.82, 2.24) is 15.1 Å². The SMILES string of the molecule is COc1ccc(-c2noc(-c3ccnc(NN)c3)n2)cc1. The number of hydrazine groups is 1. The average Bonchev–Trinajstić information content (AvgIpc) is 3.05. The Morgan fingerprint density at radius 2 is 1.95 bits per heavy atom. The van der Waals surface area contributed by atoms with Crippen LogP contribution in [0.15, 0.2) is 47.1 Å². The number of anilines is 1. The van der Waals surface area contributed by atoms with Crippen LogP contribution in [0.3, 0.4) is 0 Å². The van der Waals surface area contributed by atoms with Crippen LogP contribution in [0.5, 0.6) is 5.75 Å². The van der Waals surface area contributed by atoms with E-state index in [2.05, 4.69) is 20.6 Å². The van der Waals surface area contributed by atoms with E-state index < -0.39 is 0 Å². The van der Waals surface area contributed by atoms with Crippen LogP contribution >= 0.6 is 0 Å². The molecular weight excluding hydrogens is 270 g/mol. The number of benzene rings is 1. The zero-order valence-corrected chi connectivity index (χ0v) is 11.3. The summed E-state index contributed by atoms with van der Waals surface area (Å²) >= 11 is 0. The molecule has 0 saturated heterocycles. The number of aromatic nitrogens is 3. The first kappa shape index (κ1) is 13.1. The van der Waals surface area contributed by atoms with Gasteiger partial charge in [0.1, 0.15) is 11.6 Å². The summed E-state index contributed by atoms with van der Waals surface area (Å²) in [6.45, 7) is 0. The normalized spacial score (nSPS) is 10.4. The van der Waals surface area contributed by atoms with Gasteiger partial charge in [-0.25, -0.2) is 10.8 Å². The monoisotopic (exact) mass is 283 g/mol. The molecule has 0 saturated carbocycles. The molecule has 7 nitrogen and oxygen atoms in total. The van der Waals surface area contributed by atoms with E-state index in [1.165, 1.54) is 0 Å². The summed E-state index contributed by atoms with van der Waals surface area (Å²) in [5.41, 5.74) is 4.06. The number of nitrogens with zero attached hydrogens (tertiary/aromatic N) is 3. The fourth-order valence-corrected chi connectivity index (χ4v) is 1.84. The van der Waals surface area contributed by atoms with Gasteiger partial charge < -0.3 is 14.7 Å². The lowest BCUT2D eigenvalue weighted by molar-refractivity contribution is 0.415. The third-order valence-electron chi connectivity index (χ3n) is 2.93. The largest absolute Gasteiger partial charge is 0.497 e. The fourth-order valence-electron chi connectivity index (χ4n) is 1.84. The number of nitrogens with two attached hydrogens (primary N) is 1. The molecule has 3 aromatic rings. The van der Waals surface area contributed by atoms with Crippen molar-refractivity contribution in [2.45, 2.75) is 0 Å². The van der Waals surface area contributed by atoms with Crippen LogP contribution < -0.4 is 16.0 Å². The highest BCUT2D eigenvalue weighted by Gasteiger charge is 2.11. The van der Waals surface area contributed by atoms with E-state index >= 15 is 0 Å². The average molecular weight is 283 g/mol. The van der Waals surface area contributed by atoms with Gasteiger partial charge in [-0.3, -0.25) is 0 Å². The molecule has 0 bridgehead atoms. The summed E-state index contributed by atoms with van der Waals surface area (Å²) in [5, 5.41) is 3.97. The number of pyridine rings is 1. The number of rotatable bonds is 4. The van der Waals surface area contributed by atoms with Crippen molar-refractivity contribution in [3.63, 3.8) is 0 Å². The highest BCUT2D eigenvalue weighted by Crippen LogP contribution is 2.24. The second-order valence-corrected chi connectivity index (χ2v) is 4.23. The third kappa shape index (κ3) is 2.67. The van der Waals surface area contributed by atoms with E-state index in [0.29, 0.717) is 17.5 Å². The highest BCUT2D eigenvalue weighted by atomic mass is 16.5. The van der Waals surface area contributed by atoms with Crippen LogP contribution in [0.4, 0.5) is 5.82 Å². The van der Waals surface area contributed by atoms with Gasteiger partial charge in [-0.15, -0.1) is 0 Å². The van der Waals surface area contributed by atoms with Crippen molar-refractivity contribution < 1.29 is 9.26 Å². The van der Waals surface area contributed by atoms with E-state index in [-0.39, 0.29) is 0 Å². The van der Waals surface area contributed by atoms with Crippen LogP contribution in [0, 0.1) is 0 Å². The molecule has 1 aromatic carbocycles. The lowest BCUT2D eigenvalue weighted by Crippen LogP contribution is -2.08. The van der Waals surface area contributed by atoms with Gasteiger partial charge in [-0.1, -0.05) is 5.16 Å². The molecule has 7 heteroatoms. The number of hydrogen-bond acceptors (Lipinski definition) is 7. The van der Waals surface area contributed by atoms with E-state index in [1.807, 2.05) is 24.3 Å². The van der Waals surface area contributed by atoms with Gasteiger partial charge in [0.05, 0.1) is 7.11 Å². The van der Waals surface area contributed by atoms with E-state index in [4.69, 9.17) is 15.1 Å². The second-order valence-electron chi connectivity index (χ2n) is 4.23. The zero-order valence-electron chi connectivity index (χ0n) is 11.3. The summed E-state index contributed by atoms with van der Waals surface area (Å²) in [6, 6.07) is 10.9. The third-order valence-corrected chi connectivity index (χ3v) is 2.93. The maximum absolute atomic E-state index is 5.33. The molecule has 0 spiro atoms. The molecule has 0 amide bonds. The van der Waals surface area contributed by atoms with Crippen molar-refractivity contribution in [1.29, 1.82) is 0 Å². The number of nitrogen functional groups attached to an aromatic ring is 1. The number of methoxy groups -OCH3 is 1. The Labute approximate surface area is 120 Å². The molecule has 0 aliphatic heterocycles. The fraction of sp³-hybridized carbons (Fsp3) is 0.0714. The standard InChI is InChI=1S/C14H13N5O2/c1-20-11-4-2-9(3-5-11)13-17-14(21-19-13)10-6-7-16-12(8-10)18-15/h2-8H,15H2,1H3,(H,16,18). The summed E-state index contributed by atoms with van der Waals surface area (Å²) in [4.78, 5) is 8.39. The van der Waals surface area contributed by atoms with Gasteiger partial charge >= 0.3 is 0 Å². The quantitative estimate of drug-likeness (QED) is 0.558. The van der Waals surface area contributed by atoms with Crippen LogP contribution in [0.1, 0.15) is 0 Å². The lowest BCUT2D eigenvalue weighted by atomic mass is 10.2. The summed E-state index contributed by atoms with van der Waals surface area (Å²) < 4.78 is 10.4. The first-order chi connectivity index (χ1) is 10.3. The van der Waals surface area contributed by atoms with Gasteiger partial charge in [0.2, 0.25) is 5.82 Å². The molecule has 3 rings (SSSR count). The summed E-state index contributed by atoms with van der Waals surface area (Å²) in [7, 11) is 1.62. The van der Waals surface area contributed by atoms with Crippen LogP contribution in [-0.4, -0.2) is 22.2 Å². The minimum Gasteiger partial charge on any atom is -0.497 e. The maximum atomic E-state index is 5.33. The van der Waals surface area contributed by atoms with Crippen molar-refractivity contribution in [2.75, 3.05) is 12.5 Å². The van der Waals surface area contributed by atoms with Crippen molar-refractivity contribution >= 4 is 5.82 Å². The Morgan fingerprint density at radius 1 is 1.14 bits per heavy atom. The second kappa shape index (κ2) is 5.59. The predicted octanol–water partition coefficient (Wildman–Crippen LogP) is 2.09. The maximum Gasteiger partial charge on any atom is 0.258 e. The molecule has 0 unspecified atom stereocenters. The van der Waals surface area contributed by atoms with E-state index in [9.17, 15) is 0 Å². The first-order valence-electron chi connectivity index (χ1n) is 6.21. The zero-order chi connectivity index (χ0) is 14.7. The lowest BCUT2D eigenvalue weighted by Gasteiger charge is -1.99. The summed E-state index contributed by atoms with van der Waals surface area (Å²) in [5.74, 6) is 7.54. The van der Waals surface area contributed by atoms with Crippen LogP contribution in [0.25, 0.3) is 22.8 Å². The molecule has 3 N–H and O–H groups in total. The topological polar surface area (TPSA) is 99.1 Å². The molecule has 0 aliphatic rings. The smallest absolute Gasteiger partial charge is 0.258 e. The Bertz CT molecular complexity index is 739. The number of hydrogen-bond donors (Lipinski definition) is 2. The van der Waals surface area contributed by atoms with Gasteiger partial charge in [0.25, 0.3) is 5.89 Å².